The quantitative estimate of drug-likeness (QED) is 0.894. The van der Waals surface area contributed by atoms with Crippen LogP contribution in [-0.4, -0.2) is 46.3 Å². The molecule has 0 bridgehead atoms. The molecule has 1 aliphatic rings. The molecular formula is C13H17BrN6. The van der Waals surface area contributed by atoms with E-state index in [4.69, 9.17) is 0 Å². The normalized spacial score (nSPS) is 16.6. The lowest BCUT2D eigenvalue weighted by Crippen LogP contribution is -2.41. The van der Waals surface area contributed by atoms with Crippen LogP contribution in [0.3, 0.4) is 0 Å². The van der Waals surface area contributed by atoms with Crippen molar-refractivity contribution in [1.29, 1.82) is 0 Å². The summed E-state index contributed by atoms with van der Waals surface area (Å²) in [4.78, 5) is 11.1. The van der Waals surface area contributed by atoms with Gasteiger partial charge < -0.3 is 10.2 Å². The Balaban J connectivity index is 1.72. The molecule has 1 fully saturated rings. The number of hydrogen-bond acceptors (Lipinski definition) is 5. The van der Waals surface area contributed by atoms with Crippen LogP contribution in [0.4, 0.5) is 5.95 Å². The summed E-state index contributed by atoms with van der Waals surface area (Å²) in [5.41, 5.74) is 0.803. The van der Waals surface area contributed by atoms with E-state index < -0.39 is 0 Å². The number of pyridine rings is 1. The first-order chi connectivity index (χ1) is 9.76. The summed E-state index contributed by atoms with van der Waals surface area (Å²) in [6.07, 6.45) is 4.00. The average molecular weight is 337 g/mol. The van der Waals surface area contributed by atoms with Crippen LogP contribution in [0.25, 0.3) is 11.5 Å². The molecule has 0 atom stereocenters. The molecule has 2 aromatic heterocycles. The molecule has 3 heterocycles. The van der Waals surface area contributed by atoms with Crippen molar-refractivity contribution in [2.24, 2.45) is 0 Å². The largest absolute Gasteiger partial charge is 0.339 e. The number of aromatic nitrogens is 4. The zero-order valence-electron chi connectivity index (χ0n) is 11.3. The van der Waals surface area contributed by atoms with Crippen molar-refractivity contribution in [3.63, 3.8) is 0 Å². The van der Waals surface area contributed by atoms with Crippen LogP contribution in [0, 0.1) is 0 Å². The number of nitrogens with one attached hydrogen (secondary N) is 2. The smallest absolute Gasteiger partial charge is 0.245 e. The number of halogens is 1. The average Bonchev–Trinajstić information content (AvgIpc) is 2.98. The van der Waals surface area contributed by atoms with Gasteiger partial charge in [0.2, 0.25) is 5.95 Å². The number of anilines is 1. The fraction of sp³-hybridized carbons (Fsp3) is 0.462. The lowest BCUT2D eigenvalue weighted by atomic mass is 10.1. The van der Waals surface area contributed by atoms with E-state index in [1.807, 2.05) is 19.2 Å². The SMILES string of the molecule is CNC1CCN(c2n[nH]c(-c3ccc(Br)cn3)n2)CC1. The van der Waals surface area contributed by atoms with Crippen molar-refractivity contribution in [1.82, 2.24) is 25.5 Å². The minimum absolute atomic E-state index is 0.609. The number of H-pyrrole nitrogens is 1. The summed E-state index contributed by atoms with van der Waals surface area (Å²) in [5.74, 6) is 1.47. The van der Waals surface area contributed by atoms with E-state index >= 15 is 0 Å². The second kappa shape index (κ2) is 5.88. The molecule has 2 N–H and O–H groups in total. The topological polar surface area (TPSA) is 69.7 Å². The van der Waals surface area contributed by atoms with Crippen LogP contribution in [0.5, 0.6) is 0 Å². The summed E-state index contributed by atoms with van der Waals surface area (Å²) < 4.78 is 0.954. The van der Waals surface area contributed by atoms with Crippen molar-refractivity contribution in [3.05, 3.63) is 22.8 Å². The van der Waals surface area contributed by atoms with Gasteiger partial charge in [0.25, 0.3) is 0 Å². The third kappa shape index (κ3) is 2.83. The van der Waals surface area contributed by atoms with E-state index in [0.717, 1.165) is 42.0 Å². The van der Waals surface area contributed by atoms with Crippen molar-refractivity contribution < 1.29 is 0 Å². The van der Waals surface area contributed by atoms with Gasteiger partial charge in [0.1, 0.15) is 5.69 Å². The molecule has 0 aliphatic carbocycles. The Labute approximate surface area is 126 Å². The van der Waals surface area contributed by atoms with E-state index in [2.05, 4.69) is 46.3 Å². The van der Waals surface area contributed by atoms with Gasteiger partial charge in [0, 0.05) is 29.8 Å². The number of rotatable bonds is 3. The zero-order valence-corrected chi connectivity index (χ0v) is 12.9. The van der Waals surface area contributed by atoms with Crippen LogP contribution in [0.1, 0.15) is 12.8 Å². The first-order valence-corrected chi connectivity index (χ1v) is 7.52. The fourth-order valence-corrected chi connectivity index (χ4v) is 2.63. The van der Waals surface area contributed by atoms with E-state index in [1.54, 1.807) is 6.20 Å². The van der Waals surface area contributed by atoms with E-state index in [-0.39, 0.29) is 0 Å². The summed E-state index contributed by atoms with van der Waals surface area (Å²) in [6, 6.07) is 4.47. The molecule has 0 spiro atoms. The van der Waals surface area contributed by atoms with Crippen LogP contribution < -0.4 is 10.2 Å². The van der Waals surface area contributed by atoms with E-state index in [0.29, 0.717) is 11.9 Å². The van der Waals surface area contributed by atoms with Gasteiger partial charge in [0.05, 0.1) is 0 Å². The maximum atomic E-state index is 4.55. The van der Waals surface area contributed by atoms with Crippen LogP contribution in [0.2, 0.25) is 0 Å². The molecule has 106 valence electrons. The number of nitrogens with zero attached hydrogens (tertiary/aromatic N) is 4. The lowest BCUT2D eigenvalue weighted by molar-refractivity contribution is 0.439. The summed E-state index contributed by atoms with van der Waals surface area (Å²) in [5, 5.41) is 10.6. The molecule has 1 aliphatic heterocycles. The fourth-order valence-electron chi connectivity index (χ4n) is 2.39. The van der Waals surface area contributed by atoms with E-state index in [1.165, 1.54) is 0 Å². The predicted octanol–water partition coefficient (Wildman–Crippen LogP) is 1.82. The van der Waals surface area contributed by atoms with Gasteiger partial charge in [-0.05, 0) is 48.0 Å². The summed E-state index contributed by atoms with van der Waals surface area (Å²) in [6.45, 7) is 1.97. The van der Waals surface area contributed by atoms with Gasteiger partial charge in [-0.3, -0.25) is 10.1 Å². The molecule has 20 heavy (non-hydrogen) atoms. The molecule has 3 rings (SSSR count). The molecule has 0 unspecified atom stereocenters. The second-order valence-corrected chi connectivity index (χ2v) is 5.81. The molecule has 0 aromatic carbocycles. The lowest BCUT2D eigenvalue weighted by Gasteiger charge is -2.30. The van der Waals surface area contributed by atoms with Crippen molar-refractivity contribution in [2.75, 3.05) is 25.0 Å². The Kier molecular flexibility index (Phi) is 3.98. The highest BCUT2D eigenvalue weighted by Gasteiger charge is 2.21. The van der Waals surface area contributed by atoms with Gasteiger partial charge in [-0.1, -0.05) is 0 Å². The Morgan fingerprint density at radius 1 is 1.35 bits per heavy atom. The third-order valence-electron chi connectivity index (χ3n) is 3.63. The van der Waals surface area contributed by atoms with Crippen molar-refractivity contribution in [2.45, 2.75) is 18.9 Å². The highest BCUT2D eigenvalue weighted by molar-refractivity contribution is 9.10. The molecule has 0 amide bonds. The third-order valence-corrected chi connectivity index (χ3v) is 4.10. The van der Waals surface area contributed by atoms with Gasteiger partial charge in [-0.2, -0.15) is 4.98 Å². The van der Waals surface area contributed by atoms with Crippen molar-refractivity contribution in [3.8, 4) is 11.5 Å². The highest BCUT2D eigenvalue weighted by atomic mass is 79.9. The molecule has 7 heteroatoms. The summed E-state index contributed by atoms with van der Waals surface area (Å²) in [7, 11) is 2.02. The van der Waals surface area contributed by atoms with Crippen molar-refractivity contribution >= 4 is 21.9 Å². The van der Waals surface area contributed by atoms with Gasteiger partial charge in [0.15, 0.2) is 5.82 Å². The van der Waals surface area contributed by atoms with Crippen LogP contribution in [-0.2, 0) is 0 Å². The predicted molar refractivity (Wildman–Crippen MR) is 81.6 cm³/mol. The maximum absolute atomic E-state index is 4.55. The number of aromatic amines is 1. The maximum Gasteiger partial charge on any atom is 0.245 e. The molecular weight excluding hydrogens is 320 g/mol. The Morgan fingerprint density at radius 2 is 2.15 bits per heavy atom. The van der Waals surface area contributed by atoms with Gasteiger partial charge in [-0.15, -0.1) is 5.10 Å². The molecule has 6 nitrogen and oxygen atoms in total. The van der Waals surface area contributed by atoms with Gasteiger partial charge in [-0.25, -0.2) is 0 Å². The Hall–Kier alpha value is -1.47. The summed E-state index contributed by atoms with van der Waals surface area (Å²) >= 11 is 3.38. The van der Waals surface area contributed by atoms with Crippen LogP contribution >= 0.6 is 15.9 Å². The second-order valence-electron chi connectivity index (χ2n) is 4.90. The molecule has 0 saturated carbocycles. The number of hydrogen-bond donors (Lipinski definition) is 2. The number of piperidine rings is 1. The molecule has 0 radical (unpaired) electrons. The zero-order chi connectivity index (χ0) is 13.9. The first-order valence-electron chi connectivity index (χ1n) is 6.73. The minimum atomic E-state index is 0.609. The minimum Gasteiger partial charge on any atom is -0.339 e. The standard InChI is InChI=1S/C13H17BrN6/c1-15-10-4-6-20(7-5-10)13-17-12(18-19-13)11-3-2-9(14)8-16-11/h2-3,8,10,15H,4-7H2,1H3,(H,17,18,19). The Bertz CT molecular complexity index is 558. The van der Waals surface area contributed by atoms with Crippen LogP contribution in [0.15, 0.2) is 22.8 Å². The van der Waals surface area contributed by atoms with Gasteiger partial charge >= 0.3 is 0 Å². The Morgan fingerprint density at radius 3 is 2.80 bits per heavy atom. The highest BCUT2D eigenvalue weighted by Crippen LogP contribution is 2.20. The first kappa shape index (κ1) is 13.5. The van der Waals surface area contributed by atoms with E-state index in [9.17, 15) is 0 Å². The molecule has 1 saturated heterocycles. The monoisotopic (exact) mass is 336 g/mol. The molecule has 2 aromatic rings.